The first-order valence-corrected chi connectivity index (χ1v) is 6.60. The molecule has 1 atom stereocenters. The Morgan fingerprint density at radius 2 is 2.06 bits per heavy atom. The van der Waals surface area contributed by atoms with Gasteiger partial charge in [0.1, 0.15) is 5.76 Å². The van der Waals surface area contributed by atoms with Crippen molar-refractivity contribution in [3.8, 4) is 0 Å². The summed E-state index contributed by atoms with van der Waals surface area (Å²) >= 11 is 3.60. The summed E-state index contributed by atoms with van der Waals surface area (Å²) in [5.74, 6) is 1.01. The van der Waals surface area contributed by atoms with E-state index in [1.807, 2.05) is 18.2 Å². The van der Waals surface area contributed by atoms with Crippen LogP contribution in [0.2, 0.25) is 0 Å². The first-order valence-electron chi connectivity index (χ1n) is 5.81. The molecule has 2 nitrogen and oxygen atoms in total. The van der Waals surface area contributed by atoms with E-state index in [-0.39, 0.29) is 6.04 Å². The summed E-state index contributed by atoms with van der Waals surface area (Å²) in [6, 6.07) is 12.5. The zero-order valence-corrected chi connectivity index (χ0v) is 11.4. The van der Waals surface area contributed by atoms with Gasteiger partial charge < -0.3 is 9.73 Å². The highest BCUT2D eigenvalue weighted by atomic mass is 79.9. The number of benzene rings is 1. The number of rotatable bonds is 5. The van der Waals surface area contributed by atoms with Crippen LogP contribution in [0, 0.1) is 0 Å². The van der Waals surface area contributed by atoms with Gasteiger partial charge in [-0.05, 0) is 30.3 Å². The predicted octanol–water partition coefficient (Wildman–Crippen LogP) is 3.94. The Kier molecular flexibility index (Phi) is 4.40. The minimum absolute atomic E-state index is 0.279. The predicted molar refractivity (Wildman–Crippen MR) is 73.0 cm³/mol. The lowest BCUT2D eigenvalue weighted by atomic mass is 10.0. The highest BCUT2D eigenvalue weighted by Crippen LogP contribution is 2.26. The average molecular weight is 294 g/mol. The first kappa shape index (κ1) is 12.4. The van der Waals surface area contributed by atoms with Crippen molar-refractivity contribution in [2.75, 3.05) is 6.54 Å². The number of furan rings is 1. The number of nitrogens with one attached hydrogen (secondary N) is 1. The molecule has 1 heterocycles. The van der Waals surface area contributed by atoms with E-state index in [2.05, 4.69) is 46.4 Å². The normalized spacial score (nSPS) is 12.6. The van der Waals surface area contributed by atoms with Crippen molar-refractivity contribution in [1.29, 1.82) is 0 Å². The quantitative estimate of drug-likeness (QED) is 0.903. The Morgan fingerprint density at radius 3 is 2.71 bits per heavy atom. The standard InChI is InChI=1S/C14H16BrNO/c1-2-16-14(10-11-6-5-9-17-11)12-7-3-4-8-13(12)15/h3-9,14,16H,2,10H2,1H3. The van der Waals surface area contributed by atoms with Crippen molar-refractivity contribution in [2.24, 2.45) is 0 Å². The minimum atomic E-state index is 0.279. The van der Waals surface area contributed by atoms with Crippen LogP contribution >= 0.6 is 15.9 Å². The molecule has 1 N–H and O–H groups in total. The molecular formula is C14H16BrNO. The molecule has 0 fully saturated rings. The van der Waals surface area contributed by atoms with Gasteiger partial charge in [-0.25, -0.2) is 0 Å². The van der Waals surface area contributed by atoms with E-state index in [9.17, 15) is 0 Å². The molecule has 90 valence electrons. The van der Waals surface area contributed by atoms with Gasteiger partial charge in [0.2, 0.25) is 0 Å². The van der Waals surface area contributed by atoms with Crippen LogP contribution in [0.25, 0.3) is 0 Å². The third-order valence-electron chi connectivity index (χ3n) is 2.72. The number of halogens is 1. The lowest BCUT2D eigenvalue weighted by Crippen LogP contribution is -2.23. The summed E-state index contributed by atoms with van der Waals surface area (Å²) in [6.07, 6.45) is 2.59. The SMILES string of the molecule is CCNC(Cc1ccco1)c1ccccc1Br. The lowest BCUT2D eigenvalue weighted by Gasteiger charge is -2.18. The summed E-state index contributed by atoms with van der Waals surface area (Å²) in [6.45, 7) is 3.05. The van der Waals surface area contributed by atoms with Crippen LogP contribution in [0.4, 0.5) is 0 Å². The molecule has 2 aromatic rings. The molecule has 1 aromatic heterocycles. The fourth-order valence-corrected chi connectivity index (χ4v) is 2.49. The molecule has 0 spiro atoms. The molecule has 2 rings (SSSR count). The van der Waals surface area contributed by atoms with E-state index in [1.54, 1.807) is 6.26 Å². The molecule has 0 saturated heterocycles. The first-order chi connectivity index (χ1) is 8.31. The van der Waals surface area contributed by atoms with Gasteiger partial charge in [0, 0.05) is 16.9 Å². The van der Waals surface area contributed by atoms with E-state index in [1.165, 1.54) is 5.56 Å². The second kappa shape index (κ2) is 6.03. The van der Waals surface area contributed by atoms with Crippen LogP contribution in [-0.2, 0) is 6.42 Å². The molecule has 0 bridgehead atoms. The van der Waals surface area contributed by atoms with Gasteiger partial charge in [0.15, 0.2) is 0 Å². The zero-order chi connectivity index (χ0) is 12.1. The molecule has 1 aromatic carbocycles. The Labute approximate surface area is 110 Å². The van der Waals surface area contributed by atoms with E-state index < -0.39 is 0 Å². The van der Waals surface area contributed by atoms with Crippen LogP contribution in [0.5, 0.6) is 0 Å². The summed E-state index contributed by atoms with van der Waals surface area (Å²) in [5.41, 5.74) is 1.27. The molecule has 3 heteroatoms. The fraction of sp³-hybridized carbons (Fsp3) is 0.286. The monoisotopic (exact) mass is 293 g/mol. The van der Waals surface area contributed by atoms with Gasteiger partial charge in [-0.2, -0.15) is 0 Å². The van der Waals surface area contributed by atoms with E-state index in [4.69, 9.17) is 4.42 Å². The van der Waals surface area contributed by atoms with Gasteiger partial charge >= 0.3 is 0 Å². The maximum absolute atomic E-state index is 5.42. The summed E-state index contributed by atoms with van der Waals surface area (Å²) < 4.78 is 6.55. The van der Waals surface area contributed by atoms with Crippen LogP contribution in [0.15, 0.2) is 51.6 Å². The van der Waals surface area contributed by atoms with Crippen LogP contribution < -0.4 is 5.32 Å². The molecule has 1 unspecified atom stereocenters. The Morgan fingerprint density at radius 1 is 1.24 bits per heavy atom. The second-order valence-electron chi connectivity index (χ2n) is 3.92. The van der Waals surface area contributed by atoms with Crippen LogP contribution in [0.3, 0.4) is 0 Å². The highest BCUT2D eigenvalue weighted by Gasteiger charge is 2.14. The Bertz CT molecular complexity index is 453. The summed E-state index contributed by atoms with van der Waals surface area (Å²) in [4.78, 5) is 0. The topological polar surface area (TPSA) is 25.2 Å². The maximum atomic E-state index is 5.42. The number of likely N-dealkylation sites (N-methyl/N-ethyl adjacent to an activating group) is 1. The van der Waals surface area contributed by atoms with Gasteiger partial charge in [-0.15, -0.1) is 0 Å². The van der Waals surface area contributed by atoms with Gasteiger partial charge in [-0.3, -0.25) is 0 Å². The summed E-state index contributed by atoms with van der Waals surface area (Å²) in [7, 11) is 0. The fourth-order valence-electron chi connectivity index (χ4n) is 1.93. The van der Waals surface area contributed by atoms with Gasteiger partial charge in [0.05, 0.1) is 6.26 Å². The molecule has 0 aliphatic rings. The van der Waals surface area contributed by atoms with E-state index >= 15 is 0 Å². The molecular weight excluding hydrogens is 278 g/mol. The van der Waals surface area contributed by atoms with E-state index in [0.29, 0.717) is 0 Å². The van der Waals surface area contributed by atoms with Crippen molar-refractivity contribution < 1.29 is 4.42 Å². The number of hydrogen-bond acceptors (Lipinski definition) is 2. The Hall–Kier alpha value is -1.06. The van der Waals surface area contributed by atoms with E-state index in [0.717, 1.165) is 23.2 Å². The molecule has 0 radical (unpaired) electrons. The second-order valence-corrected chi connectivity index (χ2v) is 4.77. The van der Waals surface area contributed by atoms with Crippen molar-refractivity contribution >= 4 is 15.9 Å². The van der Waals surface area contributed by atoms with Crippen molar-refractivity contribution in [3.63, 3.8) is 0 Å². The largest absolute Gasteiger partial charge is 0.469 e. The van der Waals surface area contributed by atoms with Crippen molar-refractivity contribution in [2.45, 2.75) is 19.4 Å². The minimum Gasteiger partial charge on any atom is -0.469 e. The molecule has 0 saturated carbocycles. The molecule has 0 aliphatic carbocycles. The zero-order valence-electron chi connectivity index (χ0n) is 9.82. The highest BCUT2D eigenvalue weighted by molar-refractivity contribution is 9.10. The smallest absolute Gasteiger partial charge is 0.105 e. The number of hydrogen-bond donors (Lipinski definition) is 1. The lowest BCUT2D eigenvalue weighted by molar-refractivity contribution is 0.454. The third-order valence-corrected chi connectivity index (χ3v) is 3.44. The maximum Gasteiger partial charge on any atom is 0.105 e. The molecule has 17 heavy (non-hydrogen) atoms. The van der Waals surface area contributed by atoms with Crippen LogP contribution in [0.1, 0.15) is 24.3 Å². The van der Waals surface area contributed by atoms with Crippen molar-refractivity contribution in [3.05, 3.63) is 58.5 Å². The van der Waals surface area contributed by atoms with Crippen LogP contribution in [-0.4, -0.2) is 6.54 Å². The average Bonchev–Trinajstić information content (AvgIpc) is 2.82. The Balaban J connectivity index is 2.20. The molecule has 0 aliphatic heterocycles. The summed E-state index contributed by atoms with van der Waals surface area (Å²) in [5, 5.41) is 3.49. The molecule has 0 amide bonds. The van der Waals surface area contributed by atoms with Gasteiger partial charge in [0.25, 0.3) is 0 Å². The van der Waals surface area contributed by atoms with Gasteiger partial charge in [-0.1, -0.05) is 41.1 Å². The third kappa shape index (κ3) is 3.20. The van der Waals surface area contributed by atoms with Crippen molar-refractivity contribution in [1.82, 2.24) is 5.32 Å².